The van der Waals surface area contributed by atoms with Gasteiger partial charge in [0.1, 0.15) is 5.82 Å². The summed E-state index contributed by atoms with van der Waals surface area (Å²) in [6.45, 7) is 3.50. The Hall–Kier alpha value is -1.40. The van der Waals surface area contributed by atoms with Gasteiger partial charge in [-0.25, -0.2) is 4.39 Å². The highest BCUT2D eigenvalue weighted by Crippen LogP contribution is 2.29. The average Bonchev–Trinajstić information content (AvgIpc) is 2.67. The van der Waals surface area contributed by atoms with E-state index in [1.807, 2.05) is 6.92 Å². The molecule has 0 bridgehead atoms. The first-order valence-corrected chi connectivity index (χ1v) is 5.91. The second kappa shape index (κ2) is 4.85. The third-order valence-electron chi connectivity index (χ3n) is 2.19. The molecule has 1 heterocycles. The predicted octanol–water partition coefficient (Wildman–Crippen LogP) is 2.69. The molecule has 0 aliphatic rings. The third kappa shape index (κ3) is 2.83. The van der Waals surface area contributed by atoms with Crippen molar-refractivity contribution in [3.8, 4) is 0 Å². The van der Waals surface area contributed by atoms with Gasteiger partial charge in [0.2, 0.25) is 5.89 Å². The Morgan fingerprint density at radius 3 is 2.71 bits per heavy atom. The van der Waals surface area contributed by atoms with E-state index in [1.54, 1.807) is 19.1 Å². The fourth-order valence-corrected chi connectivity index (χ4v) is 2.02. The molecule has 90 valence electrons. The first-order chi connectivity index (χ1) is 8.06. The Morgan fingerprint density at radius 1 is 1.41 bits per heavy atom. The van der Waals surface area contributed by atoms with Crippen molar-refractivity contribution in [2.24, 2.45) is 5.73 Å². The lowest BCUT2D eigenvalue weighted by molar-refractivity contribution is 0.429. The maximum Gasteiger partial charge on any atom is 0.281 e. The number of aromatic nitrogens is 2. The molecular weight excluding hydrogens is 241 g/mol. The van der Waals surface area contributed by atoms with E-state index < -0.39 is 0 Å². The van der Waals surface area contributed by atoms with Crippen LogP contribution in [0.15, 0.2) is 32.7 Å². The van der Waals surface area contributed by atoms with Crippen LogP contribution in [-0.4, -0.2) is 10.2 Å². The standard InChI is InChI=1S/C11H12FN3OS/c1-6(13)8-3-4-10(9(12)5-8)17-11-15-14-7(2)16-11/h3-6H,13H2,1-2H3. The molecule has 0 radical (unpaired) electrons. The van der Waals surface area contributed by atoms with E-state index in [0.29, 0.717) is 16.0 Å². The van der Waals surface area contributed by atoms with Crippen molar-refractivity contribution >= 4 is 11.8 Å². The Balaban J connectivity index is 2.22. The molecule has 17 heavy (non-hydrogen) atoms. The molecule has 2 aromatic rings. The molecule has 0 aliphatic carbocycles. The molecule has 1 atom stereocenters. The summed E-state index contributed by atoms with van der Waals surface area (Å²) in [6, 6.07) is 4.70. The minimum Gasteiger partial charge on any atom is -0.416 e. The predicted molar refractivity (Wildman–Crippen MR) is 62.2 cm³/mol. The van der Waals surface area contributed by atoms with E-state index in [2.05, 4.69) is 10.2 Å². The molecule has 0 saturated carbocycles. The second-order valence-corrected chi connectivity index (χ2v) is 4.66. The van der Waals surface area contributed by atoms with Crippen LogP contribution in [0.3, 0.4) is 0 Å². The van der Waals surface area contributed by atoms with Gasteiger partial charge in [-0.05, 0) is 36.4 Å². The fourth-order valence-electron chi connectivity index (χ4n) is 1.30. The maximum atomic E-state index is 13.7. The molecule has 0 aliphatic heterocycles. The summed E-state index contributed by atoms with van der Waals surface area (Å²) in [5.41, 5.74) is 6.43. The second-order valence-electron chi connectivity index (χ2n) is 3.67. The minimum absolute atomic E-state index is 0.186. The van der Waals surface area contributed by atoms with Gasteiger partial charge in [-0.15, -0.1) is 10.2 Å². The number of hydrogen-bond acceptors (Lipinski definition) is 5. The summed E-state index contributed by atoms with van der Waals surface area (Å²) in [6.07, 6.45) is 0. The monoisotopic (exact) mass is 253 g/mol. The van der Waals surface area contributed by atoms with Crippen LogP contribution in [0, 0.1) is 12.7 Å². The summed E-state index contributed by atoms with van der Waals surface area (Å²) in [5.74, 6) is 0.126. The first-order valence-electron chi connectivity index (χ1n) is 5.09. The molecule has 2 N–H and O–H groups in total. The van der Waals surface area contributed by atoms with E-state index >= 15 is 0 Å². The van der Waals surface area contributed by atoms with Gasteiger partial charge >= 0.3 is 0 Å². The lowest BCUT2D eigenvalue weighted by atomic mass is 10.1. The Kier molecular flexibility index (Phi) is 3.44. The lowest BCUT2D eigenvalue weighted by Gasteiger charge is -2.07. The van der Waals surface area contributed by atoms with Gasteiger partial charge in [0.15, 0.2) is 0 Å². The summed E-state index contributed by atoms with van der Waals surface area (Å²) in [4.78, 5) is 0.443. The van der Waals surface area contributed by atoms with Gasteiger partial charge in [0, 0.05) is 13.0 Å². The Labute approximate surface area is 102 Å². The maximum absolute atomic E-state index is 13.7. The number of benzene rings is 1. The van der Waals surface area contributed by atoms with Crippen LogP contribution in [0.4, 0.5) is 4.39 Å². The zero-order chi connectivity index (χ0) is 12.4. The van der Waals surface area contributed by atoms with Crippen molar-refractivity contribution in [2.45, 2.75) is 30.0 Å². The zero-order valence-corrected chi connectivity index (χ0v) is 10.3. The normalized spacial score (nSPS) is 12.7. The highest BCUT2D eigenvalue weighted by Gasteiger charge is 2.11. The fraction of sp³-hybridized carbons (Fsp3) is 0.273. The molecule has 1 aromatic heterocycles. The molecule has 0 saturated heterocycles. The van der Waals surface area contributed by atoms with Crippen LogP contribution >= 0.6 is 11.8 Å². The summed E-state index contributed by atoms with van der Waals surface area (Å²) < 4.78 is 18.9. The lowest BCUT2D eigenvalue weighted by Crippen LogP contribution is -2.05. The number of nitrogens with two attached hydrogens (primary N) is 1. The van der Waals surface area contributed by atoms with Crippen LogP contribution in [0.25, 0.3) is 0 Å². The van der Waals surface area contributed by atoms with Gasteiger partial charge in [-0.2, -0.15) is 0 Å². The first kappa shape index (κ1) is 12.1. The molecule has 6 heteroatoms. The molecule has 4 nitrogen and oxygen atoms in total. The smallest absolute Gasteiger partial charge is 0.281 e. The van der Waals surface area contributed by atoms with Crippen LogP contribution in [0.2, 0.25) is 0 Å². The van der Waals surface area contributed by atoms with Crippen molar-refractivity contribution in [1.29, 1.82) is 0 Å². The van der Waals surface area contributed by atoms with Crippen molar-refractivity contribution in [1.82, 2.24) is 10.2 Å². The van der Waals surface area contributed by atoms with Crippen LogP contribution in [0.1, 0.15) is 24.4 Å². The van der Waals surface area contributed by atoms with Crippen LogP contribution in [-0.2, 0) is 0 Å². The van der Waals surface area contributed by atoms with Crippen molar-refractivity contribution < 1.29 is 8.81 Å². The quantitative estimate of drug-likeness (QED) is 0.911. The van der Waals surface area contributed by atoms with E-state index in [4.69, 9.17) is 10.2 Å². The van der Waals surface area contributed by atoms with Gasteiger partial charge in [0.05, 0.1) is 4.90 Å². The molecular formula is C11H12FN3OS. The largest absolute Gasteiger partial charge is 0.416 e. The molecule has 2 rings (SSSR count). The molecule has 1 unspecified atom stereocenters. The average molecular weight is 253 g/mol. The summed E-state index contributed by atoms with van der Waals surface area (Å²) in [5, 5.41) is 7.80. The topological polar surface area (TPSA) is 64.9 Å². The zero-order valence-electron chi connectivity index (χ0n) is 9.48. The van der Waals surface area contributed by atoms with Gasteiger partial charge in [0.25, 0.3) is 5.22 Å². The molecule has 0 spiro atoms. The Bertz CT molecular complexity index is 527. The minimum atomic E-state index is -0.333. The van der Waals surface area contributed by atoms with Gasteiger partial charge < -0.3 is 10.2 Å². The number of halogens is 1. The Morgan fingerprint density at radius 2 is 2.18 bits per heavy atom. The number of hydrogen-bond donors (Lipinski definition) is 1. The van der Waals surface area contributed by atoms with Gasteiger partial charge in [-0.3, -0.25) is 0 Å². The van der Waals surface area contributed by atoms with E-state index in [9.17, 15) is 4.39 Å². The van der Waals surface area contributed by atoms with E-state index in [-0.39, 0.29) is 11.9 Å². The highest BCUT2D eigenvalue weighted by molar-refractivity contribution is 7.99. The molecule has 0 fully saturated rings. The summed E-state index contributed by atoms with van der Waals surface area (Å²) in [7, 11) is 0. The van der Waals surface area contributed by atoms with Crippen molar-refractivity contribution in [2.75, 3.05) is 0 Å². The summed E-state index contributed by atoms with van der Waals surface area (Å²) >= 11 is 1.10. The molecule has 0 amide bonds. The SMILES string of the molecule is Cc1nnc(Sc2ccc(C(C)N)cc2F)o1. The van der Waals surface area contributed by atoms with Crippen LogP contribution < -0.4 is 5.73 Å². The van der Waals surface area contributed by atoms with E-state index in [0.717, 1.165) is 17.3 Å². The van der Waals surface area contributed by atoms with Crippen LogP contribution in [0.5, 0.6) is 0 Å². The van der Waals surface area contributed by atoms with Crippen molar-refractivity contribution in [3.63, 3.8) is 0 Å². The third-order valence-corrected chi connectivity index (χ3v) is 3.08. The number of aryl methyl sites for hydroxylation is 1. The number of nitrogens with zero attached hydrogens (tertiary/aromatic N) is 2. The van der Waals surface area contributed by atoms with E-state index in [1.165, 1.54) is 6.07 Å². The molecule has 1 aromatic carbocycles. The highest BCUT2D eigenvalue weighted by atomic mass is 32.2. The number of rotatable bonds is 3. The van der Waals surface area contributed by atoms with Crippen molar-refractivity contribution in [3.05, 3.63) is 35.5 Å². The van der Waals surface area contributed by atoms with Gasteiger partial charge in [-0.1, -0.05) is 6.07 Å².